The van der Waals surface area contributed by atoms with Crippen molar-refractivity contribution in [2.24, 2.45) is 5.92 Å². The van der Waals surface area contributed by atoms with Crippen molar-refractivity contribution in [2.75, 3.05) is 13.7 Å². The number of hydrogen-bond donors (Lipinski definition) is 3. The van der Waals surface area contributed by atoms with Gasteiger partial charge in [0.05, 0.1) is 19.3 Å². The second kappa shape index (κ2) is 6.70. The molecule has 0 aromatic heterocycles. The fourth-order valence-corrected chi connectivity index (χ4v) is 2.02. The van der Waals surface area contributed by atoms with Gasteiger partial charge in [-0.1, -0.05) is 13.8 Å². The Morgan fingerprint density at radius 2 is 2.17 bits per heavy atom. The Morgan fingerprint density at radius 1 is 1.50 bits per heavy atom. The molecule has 0 aliphatic carbocycles. The molecule has 1 amide bonds. The number of ether oxygens (including phenoxy) is 1. The lowest BCUT2D eigenvalue weighted by Gasteiger charge is -2.20. The number of rotatable bonds is 5. The van der Waals surface area contributed by atoms with E-state index in [1.807, 2.05) is 13.8 Å². The Labute approximate surface area is 107 Å². The van der Waals surface area contributed by atoms with E-state index in [1.54, 1.807) is 0 Å². The first-order chi connectivity index (χ1) is 8.43. The van der Waals surface area contributed by atoms with Gasteiger partial charge in [0.1, 0.15) is 6.04 Å². The topological polar surface area (TPSA) is 87.7 Å². The van der Waals surface area contributed by atoms with Crippen molar-refractivity contribution in [3.63, 3.8) is 0 Å². The summed E-state index contributed by atoms with van der Waals surface area (Å²) in [6, 6.07) is -1.05. The minimum absolute atomic E-state index is 0.261. The highest BCUT2D eigenvalue weighted by atomic mass is 16.5. The summed E-state index contributed by atoms with van der Waals surface area (Å²) in [5, 5.41) is 14.9. The van der Waals surface area contributed by atoms with Crippen LogP contribution >= 0.6 is 0 Å². The molecule has 0 spiro atoms. The first-order valence-electron chi connectivity index (χ1n) is 6.23. The molecule has 1 rings (SSSR count). The summed E-state index contributed by atoms with van der Waals surface area (Å²) < 4.78 is 4.67. The van der Waals surface area contributed by atoms with Crippen LogP contribution in [0.2, 0.25) is 0 Å². The van der Waals surface area contributed by atoms with E-state index in [0.29, 0.717) is 19.4 Å². The van der Waals surface area contributed by atoms with Gasteiger partial charge in [0, 0.05) is 6.54 Å². The molecule has 0 radical (unpaired) electrons. The molecule has 104 valence electrons. The molecule has 18 heavy (non-hydrogen) atoms. The number of hydrogen-bond acceptors (Lipinski definition) is 5. The van der Waals surface area contributed by atoms with Crippen LogP contribution in [0, 0.1) is 5.92 Å². The Bertz CT molecular complexity index is 306. The molecular formula is C12H22N2O4. The minimum atomic E-state index is -0.623. The van der Waals surface area contributed by atoms with E-state index in [1.165, 1.54) is 7.11 Å². The van der Waals surface area contributed by atoms with Crippen LogP contribution in [0.5, 0.6) is 0 Å². The predicted molar refractivity (Wildman–Crippen MR) is 65.8 cm³/mol. The monoisotopic (exact) mass is 258 g/mol. The van der Waals surface area contributed by atoms with Crippen LogP contribution in [-0.4, -0.2) is 48.8 Å². The van der Waals surface area contributed by atoms with E-state index in [0.717, 1.165) is 0 Å². The molecular weight excluding hydrogens is 236 g/mol. The van der Waals surface area contributed by atoms with Crippen LogP contribution in [0.4, 0.5) is 0 Å². The minimum Gasteiger partial charge on any atom is -0.467 e. The van der Waals surface area contributed by atoms with Gasteiger partial charge in [-0.15, -0.1) is 0 Å². The second-order valence-corrected chi connectivity index (χ2v) is 5.06. The number of aliphatic hydroxyl groups excluding tert-OH is 1. The molecule has 6 heteroatoms. The molecule has 1 fully saturated rings. The van der Waals surface area contributed by atoms with Crippen LogP contribution in [0.15, 0.2) is 0 Å². The smallest absolute Gasteiger partial charge is 0.328 e. The number of aliphatic hydroxyl groups is 1. The van der Waals surface area contributed by atoms with Crippen LogP contribution < -0.4 is 10.6 Å². The molecule has 3 N–H and O–H groups in total. The number of nitrogens with one attached hydrogen (secondary N) is 2. The van der Waals surface area contributed by atoms with Crippen molar-refractivity contribution in [1.82, 2.24) is 10.6 Å². The van der Waals surface area contributed by atoms with Crippen molar-refractivity contribution in [1.29, 1.82) is 0 Å². The van der Waals surface area contributed by atoms with Gasteiger partial charge in [0.2, 0.25) is 5.91 Å². The highest BCUT2D eigenvalue weighted by molar-refractivity contribution is 5.87. The number of esters is 1. The van der Waals surface area contributed by atoms with E-state index in [2.05, 4.69) is 15.4 Å². The van der Waals surface area contributed by atoms with Crippen molar-refractivity contribution < 1.29 is 19.4 Å². The lowest BCUT2D eigenvalue weighted by molar-refractivity contribution is -0.145. The van der Waals surface area contributed by atoms with Gasteiger partial charge in [0.25, 0.3) is 0 Å². The van der Waals surface area contributed by atoms with Crippen LogP contribution in [0.25, 0.3) is 0 Å². The van der Waals surface area contributed by atoms with E-state index in [4.69, 9.17) is 0 Å². The largest absolute Gasteiger partial charge is 0.467 e. The van der Waals surface area contributed by atoms with Gasteiger partial charge in [-0.3, -0.25) is 4.79 Å². The SMILES string of the molecule is COC(=O)[C@H](CC(C)C)NC(=O)C1CC(O)CN1. The third-order valence-corrected chi connectivity index (χ3v) is 2.93. The maximum absolute atomic E-state index is 11.9. The molecule has 0 bridgehead atoms. The summed E-state index contributed by atoms with van der Waals surface area (Å²) in [6.45, 7) is 4.35. The van der Waals surface area contributed by atoms with Crippen LogP contribution in [0.3, 0.4) is 0 Å². The quantitative estimate of drug-likeness (QED) is 0.574. The number of methoxy groups -OCH3 is 1. The zero-order valence-electron chi connectivity index (χ0n) is 11.1. The van der Waals surface area contributed by atoms with Crippen molar-refractivity contribution >= 4 is 11.9 Å². The average molecular weight is 258 g/mol. The molecule has 1 saturated heterocycles. The second-order valence-electron chi connectivity index (χ2n) is 5.06. The van der Waals surface area contributed by atoms with Gasteiger partial charge < -0.3 is 20.5 Å². The molecule has 6 nitrogen and oxygen atoms in total. The standard InChI is InChI=1S/C12H22N2O4/c1-7(2)4-10(12(17)18-3)14-11(16)9-5-8(15)6-13-9/h7-10,13,15H,4-6H2,1-3H3,(H,14,16)/t8?,9?,10-/m0/s1. The van der Waals surface area contributed by atoms with Crippen LogP contribution in [-0.2, 0) is 14.3 Å². The van der Waals surface area contributed by atoms with Gasteiger partial charge in [-0.2, -0.15) is 0 Å². The average Bonchev–Trinajstić information content (AvgIpc) is 2.73. The molecule has 1 aliphatic heterocycles. The van der Waals surface area contributed by atoms with Gasteiger partial charge in [0.15, 0.2) is 0 Å². The number of amides is 1. The first kappa shape index (κ1) is 14.9. The molecule has 1 heterocycles. The predicted octanol–water partition coefficient (Wildman–Crippen LogP) is -0.587. The fourth-order valence-electron chi connectivity index (χ4n) is 2.02. The van der Waals surface area contributed by atoms with E-state index >= 15 is 0 Å². The van der Waals surface area contributed by atoms with E-state index < -0.39 is 24.2 Å². The van der Waals surface area contributed by atoms with Crippen LogP contribution in [0.1, 0.15) is 26.7 Å². The Morgan fingerprint density at radius 3 is 2.61 bits per heavy atom. The molecule has 0 aromatic carbocycles. The summed E-state index contributed by atoms with van der Waals surface area (Å²) in [7, 11) is 1.30. The van der Waals surface area contributed by atoms with Crippen molar-refractivity contribution in [2.45, 2.75) is 44.9 Å². The zero-order valence-corrected chi connectivity index (χ0v) is 11.1. The van der Waals surface area contributed by atoms with Gasteiger partial charge in [-0.05, 0) is 18.8 Å². The molecule has 3 atom stereocenters. The molecule has 2 unspecified atom stereocenters. The maximum atomic E-state index is 11.9. The summed E-state index contributed by atoms with van der Waals surface area (Å²) >= 11 is 0. The molecule has 0 aromatic rings. The first-order valence-corrected chi connectivity index (χ1v) is 6.23. The normalized spacial score (nSPS) is 24.9. The summed E-state index contributed by atoms with van der Waals surface area (Å²) in [6.07, 6.45) is 0.414. The summed E-state index contributed by atoms with van der Waals surface area (Å²) in [5.74, 6) is -0.422. The highest BCUT2D eigenvalue weighted by Gasteiger charge is 2.31. The number of β-amino-alcohol motifs (C(OH)–C–C–N with tert-alkyl or cyclic N) is 1. The van der Waals surface area contributed by atoms with E-state index in [9.17, 15) is 14.7 Å². The lowest BCUT2D eigenvalue weighted by atomic mass is 10.0. The Balaban J connectivity index is 2.54. The third-order valence-electron chi connectivity index (χ3n) is 2.93. The summed E-state index contributed by atoms with van der Waals surface area (Å²) in [5.41, 5.74) is 0. The van der Waals surface area contributed by atoms with E-state index in [-0.39, 0.29) is 11.8 Å². The summed E-state index contributed by atoms with van der Waals surface area (Å²) in [4.78, 5) is 23.5. The van der Waals surface area contributed by atoms with Crippen molar-refractivity contribution in [3.05, 3.63) is 0 Å². The Kier molecular flexibility index (Phi) is 5.55. The van der Waals surface area contributed by atoms with Gasteiger partial charge >= 0.3 is 5.97 Å². The van der Waals surface area contributed by atoms with Gasteiger partial charge in [-0.25, -0.2) is 4.79 Å². The highest BCUT2D eigenvalue weighted by Crippen LogP contribution is 2.10. The number of carbonyl (C=O) groups is 2. The molecule has 0 saturated carbocycles. The zero-order chi connectivity index (χ0) is 13.7. The molecule has 1 aliphatic rings. The van der Waals surface area contributed by atoms with Crippen molar-refractivity contribution in [3.8, 4) is 0 Å². The lowest BCUT2D eigenvalue weighted by Crippen LogP contribution is -2.49. The number of carbonyl (C=O) groups excluding carboxylic acids is 2. The fraction of sp³-hybridized carbons (Fsp3) is 0.833. The third kappa shape index (κ3) is 4.27. The Hall–Kier alpha value is -1.14. The maximum Gasteiger partial charge on any atom is 0.328 e.